The number of amides is 1. The number of sulfonamides is 1. The number of carbonyl (C=O) groups is 1. The highest BCUT2D eigenvalue weighted by molar-refractivity contribution is 7.89. The normalized spacial score (nSPS) is 11.3. The molecule has 1 aromatic heterocycles. The third-order valence-corrected chi connectivity index (χ3v) is 5.49. The van der Waals surface area contributed by atoms with Gasteiger partial charge in [0.15, 0.2) is 0 Å². The number of aryl methyl sites for hydroxylation is 2. The van der Waals surface area contributed by atoms with Gasteiger partial charge in [0.05, 0.1) is 17.7 Å². The summed E-state index contributed by atoms with van der Waals surface area (Å²) in [5.41, 5.74) is 2.72. The minimum absolute atomic E-state index is 0.0220. The van der Waals surface area contributed by atoms with Crippen molar-refractivity contribution in [2.45, 2.75) is 25.3 Å². The van der Waals surface area contributed by atoms with Crippen molar-refractivity contribution in [2.24, 2.45) is 0 Å². The van der Waals surface area contributed by atoms with Gasteiger partial charge in [0, 0.05) is 11.3 Å². The minimum atomic E-state index is -3.78. The maximum absolute atomic E-state index is 12.6. The van der Waals surface area contributed by atoms with E-state index in [0.29, 0.717) is 22.6 Å². The summed E-state index contributed by atoms with van der Waals surface area (Å²) in [7, 11) is -3.78. The van der Waals surface area contributed by atoms with Gasteiger partial charge in [0.2, 0.25) is 10.0 Å². The second-order valence-electron chi connectivity index (χ2n) is 6.20. The molecule has 0 fully saturated rings. The second kappa shape index (κ2) is 7.77. The quantitative estimate of drug-likeness (QED) is 0.679. The summed E-state index contributed by atoms with van der Waals surface area (Å²) in [5.74, 6) is 0.141. The van der Waals surface area contributed by atoms with Crippen LogP contribution in [0.15, 0.2) is 70.2 Å². The van der Waals surface area contributed by atoms with E-state index in [1.807, 2.05) is 19.1 Å². The fourth-order valence-corrected chi connectivity index (χ4v) is 3.53. The van der Waals surface area contributed by atoms with Gasteiger partial charge in [-0.3, -0.25) is 4.79 Å². The van der Waals surface area contributed by atoms with Crippen molar-refractivity contribution >= 4 is 21.6 Å². The molecule has 6 nitrogen and oxygen atoms in total. The molecule has 0 radical (unpaired) electrons. The summed E-state index contributed by atoms with van der Waals surface area (Å²) in [4.78, 5) is 12.6. The van der Waals surface area contributed by atoms with Crippen LogP contribution in [0.25, 0.3) is 0 Å². The Morgan fingerprint density at radius 1 is 1.04 bits per heavy atom. The average Bonchev–Trinajstić information content (AvgIpc) is 3.16. The largest absolute Gasteiger partial charge is 0.468 e. The van der Waals surface area contributed by atoms with E-state index >= 15 is 0 Å². The molecule has 2 N–H and O–H groups in total. The van der Waals surface area contributed by atoms with Crippen LogP contribution in [0.1, 0.15) is 27.2 Å². The predicted molar refractivity (Wildman–Crippen MR) is 103 cm³/mol. The number of anilines is 1. The van der Waals surface area contributed by atoms with Crippen molar-refractivity contribution in [3.63, 3.8) is 0 Å². The molecule has 0 spiro atoms. The Hall–Kier alpha value is -2.90. The summed E-state index contributed by atoms with van der Waals surface area (Å²) in [6.45, 7) is 3.75. The van der Waals surface area contributed by atoms with Crippen LogP contribution in [0.5, 0.6) is 0 Å². The molecule has 0 saturated carbocycles. The molecule has 0 unspecified atom stereocenters. The predicted octanol–water partition coefficient (Wildman–Crippen LogP) is 3.63. The highest BCUT2D eigenvalue weighted by Crippen LogP contribution is 2.18. The van der Waals surface area contributed by atoms with Gasteiger partial charge >= 0.3 is 0 Å². The van der Waals surface area contributed by atoms with E-state index in [0.717, 1.165) is 5.56 Å². The zero-order valence-corrected chi connectivity index (χ0v) is 15.8. The molecule has 0 atom stereocenters. The van der Waals surface area contributed by atoms with Gasteiger partial charge in [0.25, 0.3) is 5.91 Å². The lowest BCUT2D eigenvalue weighted by Crippen LogP contribution is -2.24. The molecule has 7 heteroatoms. The fourth-order valence-electron chi connectivity index (χ4n) is 2.51. The van der Waals surface area contributed by atoms with Crippen molar-refractivity contribution in [2.75, 3.05) is 5.32 Å². The first-order valence-electron chi connectivity index (χ1n) is 8.36. The van der Waals surface area contributed by atoms with Crippen LogP contribution in [0.4, 0.5) is 5.69 Å². The van der Waals surface area contributed by atoms with Crippen molar-refractivity contribution in [1.82, 2.24) is 4.72 Å². The molecule has 0 aliphatic rings. The molecule has 1 amide bonds. The maximum atomic E-state index is 12.6. The SMILES string of the molecule is Cc1ccc(NC(=O)c2cc(S(=O)(=O)NCc3ccco3)ccc2C)cc1. The first-order valence-corrected chi connectivity index (χ1v) is 9.84. The summed E-state index contributed by atoms with van der Waals surface area (Å²) in [6.07, 6.45) is 1.48. The van der Waals surface area contributed by atoms with E-state index in [-0.39, 0.29) is 17.3 Å². The highest BCUT2D eigenvalue weighted by atomic mass is 32.2. The Bertz CT molecular complexity index is 1040. The lowest BCUT2D eigenvalue weighted by molar-refractivity contribution is 0.102. The molecule has 140 valence electrons. The van der Waals surface area contributed by atoms with Crippen LogP contribution in [0, 0.1) is 13.8 Å². The molecule has 0 aliphatic heterocycles. The van der Waals surface area contributed by atoms with E-state index < -0.39 is 10.0 Å². The van der Waals surface area contributed by atoms with Crippen LogP contribution in [0.2, 0.25) is 0 Å². The van der Waals surface area contributed by atoms with Crippen molar-refractivity contribution in [3.05, 3.63) is 83.3 Å². The molecule has 0 aliphatic carbocycles. The Morgan fingerprint density at radius 2 is 1.78 bits per heavy atom. The molecule has 0 saturated heterocycles. The van der Waals surface area contributed by atoms with Gasteiger partial charge in [-0.25, -0.2) is 13.1 Å². The van der Waals surface area contributed by atoms with Gasteiger partial charge in [0.1, 0.15) is 5.76 Å². The number of rotatable bonds is 6. The number of nitrogens with one attached hydrogen (secondary N) is 2. The Balaban J connectivity index is 1.80. The number of hydrogen-bond acceptors (Lipinski definition) is 4. The third kappa shape index (κ3) is 4.64. The summed E-state index contributed by atoms with van der Waals surface area (Å²) in [6, 6.07) is 15.2. The van der Waals surface area contributed by atoms with Crippen molar-refractivity contribution in [1.29, 1.82) is 0 Å². The number of carbonyl (C=O) groups excluding carboxylic acids is 1. The Morgan fingerprint density at radius 3 is 2.44 bits per heavy atom. The van der Waals surface area contributed by atoms with E-state index in [2.05, 4.69) is 10.0 Å². The molecular weight excluding hydrogens is 364 g/mol. The van der Waals surface area contributed by atoms with Crippen LogP contribution < -0.4 is 10.0 Å². The molecule has 3 aromatic rings. The standard InChI is InChI=1S/C20H20N2O4S/c1-14-5-8-16(9-6-14)22-20(23)19-12-18(10-7-15(19)2)27(24,25)21-13-17-4-3-11-26-17/h3-12,21H,13H2,1-2H3,(H,22,23). The average molecular weight is 384 g/mol. The monoisotopic (exact) mass is 384 g/mol. The highest BCUT2D eigenvalue weighted by Gasteiger charge is 2.18. The van der Waals surface area contributed by atoms with Gasteiger partial charge in [-0.2, -0.15) is 0 Å². The smallest absolute Gasteiger partial charge is 0.255 e. The molecule has 0 bridgehead atoms. The summed E-state index contributed by atoms with van der Waals surface area (Å²) < 4.78 is 32.6. The van der Waals surface area contributed by atoms with E-state index in [9.17, 15) is 13.2 Å². The Labute approximate surface area is 158 Å². The van der Waals surface area contributed by atoms with Crippen molar-refractivity contribution in [3.8, 4) is 0 Å². The van der Waals surface area contributed by atoms with Crippen LogP contribution in [-0.2, 0) is 16.6 Å². The van der Waals surface area contributed by atoms with Gasteiger partial charge in [-0.1, -0.05) is 23.8 Å². The van der Waals surface area contributed by atoms with Gasteiger partial charge < -0.3 is 9.73 Å². The first kappa shape index (κ1) is 18.9. The molecule has 2 aromatic carbocycles. The zero-order chi connectivity index (χ0) is 19.4. The van der Waals surface area contributed by atoms with E-state index in [1.54, 1.807) is 37.3 Å². The molecule has 27 heavy (non-hydrogen) atoms. The fraction of sp³-hybridized carbons (Fsp3) is 0.150. The van der Waals surface area contributed by atoms with E-state index in [4.69, 9.17) is 4.42 Å². The lowest BCUT2D eigenvalue weighted by Gasteiger charge is -2.11. The maximum Gasteiger partial charge on any atom is 0.255 e. The number of furan rings is 1. The lowest BCUT2D eigenvalue weighted by atomic mass is 10.1. The molecule has 3 rings (SSSR count). The second-order valence-corrected chi connectivity index (χ2v) is 7.97. The van der Waals surface area contributed by atoms with Crippen molar-refractivity contribution < 1.29 is 17.6 Å². The van der Waals surface area contributed by atoms with Gasteiger partial charge in [-0.15, -0.1) is 0 Å². The third-order valence-electron chi connectivity index (χ3n) is 4.09. The minimum Gasteiger partial charge on any atom is -0.468 e. The summed E-state index contributed by atoms with van der Waals surface area (Å²) in [5, 5.41) is 2.79. The molecule has 1 heterocycles. The topological polar surface area (TPSA) is 88.4 Å². The van der Waals surface area contributed by atoms with Crippen LogP contribution in [-0.4, -0.2) is 14.3 Å². The van der Waals surface area contributed by atoms with Crippen LogP contribution in [0.3, 0.4) is 0 Å². The van der Waals surface area contributed by atoms with Crippen LogP contribution >= 0.6 is 0 Å². The Kier molecular flexibility index (Phi) is 5.43. The van der Waals surface area contributed by atoms with E-state index in [1.165, 1.54) is 18.4 Å². The zero-order valence-electron chi connectivity index (χ0n) is 15.0. The number of hydrogen-bond donors (Lipinski definition) is 2. The first-order chi connectivity index (χ1) is 12.8. The molecular formula is C20H20N2O4S. The summed E-state index contributed by atoms with van der Waals surface area (Å²) >= 11 is 0. The number of benzene rings is 2. The van der Waals surface area contributed by atoms with Gasteiger partial charge in [-0.05, 0) is 55.8 Å².